The van der Waals surface area contributed by atoms with Crippen LogP contribution in [0.3, 0.4) is 0 Å². The van der Waals surface area contributed by atoms with Crippen LogP contribution >= 0.6 is 11.3 Å². The lowest BCUT2D eigenvalue weighted by atomic mass is 9.92. The predicted octanol–water partition coefficient (Wildman–Crippen LogP) is 3.83. The van der Waals surface area contributed by atoms with Crippen molar-refractivity contribution in [2.45, 2.75) is 44.7 Å². The number of aromatic nitrogens is 4. The zero-order chi connectivity index (χ0) is 19.8. The van der Waals surface area contributed by atoms with E-state index in [4.69, 9.17) is 0 Å². The Morgan fingerprint density at radius 1 is 1.07 bits per heavy atom. The van der Waals surface area contributed by atoms with Crippen LogP contribution < -0.4 is 10.2 Å². The van der Waals surface area contributed by atoms with Gasteiger partial charge in [0.2, 0.25) is 5.95 Å². The van der Waals surface area contributed by atoms with Gasteiger partial charge < -0.3 is 10.2 Å². The number of hydrogen-bond acceptors (Lipinski definition) is 7. The first-order chi connectivity index (χ1) is 14.2. The average Bonchev–Trinajstić information content (AvgIpc) is 3.34. The van der Waals surface area contributed by atoms with Gasteiger partial charge in [-0.25, -0.2) is 9.97 Å². The van der Waals surface area contributed by atoms with E-state index in [1.807, 2.05) is 19.1 Å². The minimum atomic E-state index is -0.513. The number of rotatable bonds is 5. The molecule has 6 nitrogen and oxygen atoms in total. The van der Waals surface area contributed by atoms with Gasteiger partial charge in [0.1, 0.15) is 5.69 Å². The number of anilines is 1. The second-order valence-corrected chi connectivity index (χ2v) is 9.02. The van der Waals surface area contributed by atoms with Crippen LogP contribution in [0.1, 0.15) is 30.7 Å². The van der Waals surface area contributed by atoms with E-state index in [0.717, 1.165) is 35.2 Å². The molecule has 2 aliphatic rings. The van der Waals surface area contributed by atoms with Gasteiger partial charge in [0.05, 0.1) is 15.6 Å². The number of nitrogens with one attached hydrogen (secondary N) is 1. The van der Waals surface area contributed by atoms with Crippen molar-refractivity contribution in [2.75, 3.05) is 18.0 Å². The molecule has 8 heteroatoms. The van der Waals surface area contributed by atoms with Crippen LogP contribution in [0.4, 0.5) is 10.2 Å². The van der Waals surface area contributed by atoms with Crippen LogP contribution in [-0.4, -0.2) is 45.3 Å². The van der Waals surface area contributed by atoms with E-state index in [2.05, 4.69) is 30.4 Å². The number of pyridine rings is 1. The maximum Gasteiger partial charge on any atom is 0.222 e. The summed E-state index contributed by atoms with van der Waals surface area (Å²) in [5.74, 6) is 0.352. The van der Waals surface area contributed by atoms with Crippen molar-refractivity contribution in [3.05, 3.63) is 41.4 Å². The zero-order valence-electron chi connectivity index (χ0n) is 16.3. The molecule has 2 fully saturated rings. The highest BCUT2D eigenvalue weighted by Crippen LogP contribution is 2.29. The molecule has 0 radical (unpaired) electrons. The Labute approximate surface area is 173 Å². The van der Waals surface area contributed by atoms with Crippen LogP contribution in [-0.2, 0) is 0 Å². The fraction of sp³-hybridized carbons (Fsp3) is 0.429. The second kappa shape index (κ2) is 7.76. The number of aryl methyl sites for hydroxylation is 1. The normalized spacial score (nSPS) is 19.5. The fourth-order valence-corrected chi connectivity index (χ4v) is 4.68. The van der Waals surface area contributed by atoms with E-state index >= 15 is 0 Å². The van der Waals surface area contributed by atoms with E-state index in [1.165, 1.54) is 30.6 Å². The van der Waals surface area contributed by atoms with Gasteiger partial charge in [-0.15, -0.1) is 21.5 Å². The van der Waals surface area contributed by atoms with E-state index in [0.29, 0.717) is 29.0 Å². The van der Waals surface area contributed by atoms with Gasteiger partial charge in [0, 0.05) is 36.9 Å². The molecule has 1 saturated heterocycles. The standard InChI is InChI=1S/C21H23FN6S/c1-13-23-11-19(29-13)16-5-6-17(25-21(16)22)18-7-8-20(27-26-18)28-10-9-15(12-28)24-14-3-2-4-14/h5-8,11,14-15,24H,2-4,9-10,12H2,1H3. The molecule has 0 amide bonds. The van der Waals surface area contributed by atoms with E-state index in [-0.39, 0.29) is 0 Å². The van der Waals surface area contributed by atoms with Crippen LogP contribution in [0.25, 0.3) is 21.8 Å². The predicted molar refractivity (Wildman–Crippen MR) is 112 cm³/mol. The summed E-state index contributed by atoms with van der Waals surface area (Å²) in [6.45, 7) is 3.84. The first-order valence-electron chi connectivity index (χ1n) is 10.1. The molecule has 1 unspecified atom stereocenters. The number of thiazole rings is 1. The first-order valence-corrected chi connectivity index (χ1v) is 10.9. The van der Waals surface area contributed by atoms with Gasteiger partial charge in [0.25, 0.3) is 0 Å². The first kappa shape index (κ1) is 18.6. The van der Waals surface area contributed by atoms with Gasteiger partial charge >= 0.3 is 0 Å². The molecule has 1 aliphatic heterocycles. The molecule has 1 N–H and O–H groups in total. The Morgan fingerprint density at radius 2 is 1.93 bits per heavy atom. The minimum absolute atomic E-state index is 0.464. The molecule has 29 heavy (non-hydrogen) atoms. The van der Waals surface area contributed by atoms with Crippen LogP contribution in [0.5, 0.6) is 0 Å². The van der Waals surface area contributed by atoms with Gasteiger partial charge in [-0.05, 0) is 50.5 Å². The lowest BCUT2D eigenvalue weighted by Gasteiger charge is -2.29. The number of hydrogen-bond donors (Lipinski definition) is 1. The third-order valence-electron chi connectivity index (χ3n) is 5.74. The molecular formula is C21H23FN6S. The number of nitrogens with zero attached hydrogens (tertiary/aromatic N) is 5. The molecule has 1 aliphatic carbocycles. The van der Waals surface area contributed by atoms with Crippen LogP contribution in [0.15, 0.2) is 30.5 Å². The van der Waals surface area contributed by atoms with Gasteiger partial charge in [-0.1, -0.05) is 6.42 Å². The van der Waals surface area contributed by atoms with Crippen molar-refractivity contribution in [1.29, 1.82) is 0 Å². The summed E-state index contributed by atoms with van der Waals surface area (Å²) in [5.41, 5.74) is 1.52. The molecule has 1 atom stereocenters. The maximum absolute atomic E-state index is 14.5. The lowest BCUT2D eigenvalue weighted by molar-refractivity contribution is 0.311. The van der Waals surface area contributed by atoms with Crippen molar-refractivity contribution in [2.24, 2.45) is 0 Å². The lowest BCUT2D eigenvalue weighted by Crippen LogP contribution is -2.43. The summed E-state index contributed by atoms with van der Waals surface area (Å²) in [6, 6.07) is 8.57. The van der Waals surface area contributed by atoms with Crippen molar-refractivity contribution < 1.29 is 4.39 Å². The largest absolute Gasteiger partial charge is 0.354 e. The van der Waals surface area contributed by atoms with Crippen molar-refractivity contribution in [3.63, 3.8) is 0 Å². The molecule has 0 aromatic carbocycles. The zero-order valence-corrected chi connectivity index (χ0v) is 17.1. The Balaban J connectivity index is 1.28. The number of halogens is 1. The molecule has 0 bridgehead atoms. The van der Waals surface area contributed by atoms with Crippen molar-refractivity contribution in [1.82, 2.24) is 25.5 Å². The molecule has 1 saturated carbocycles. The third kappa shape index (κ3) is 3.86. The molecule has 5 rings (SSSR count). The highest BCUT2D eigenvalue weighted by Gasteiger charge is 2.27. The second-order valence-electron chi connectivity index (χ2n) is 7.78. The van der Waals surface area contributed by atoms with Crippen LogP contribution in [0.2, 0.25) is 0 Å². The van der Waals surface area contributed by atoms with E-state index in [1.54, 1.807) is 18.3 Å². The highest BCUT2D eigenvalue weighted by molar-refractivity contribution is 7.15. The molecular weight excluding hydrogens is 387 g/mol. The Hall–Kier alpha value is -2.45. The molecule has 150 valence electrons. The third-order valence-corrected chi connectivity index (χ3v) is 6.68. The van der Waals surface area contributed by atoms with Gasteiger partial charge in [0.15, 0.2) is 5.82 Å². The SMILES string of the molecule is Cc1ncc(-c2ccc(-c3ccc(N4CCC(NC5CCC5)C4)nn3)nc2F)s1. The maximum atomic E-state index is 14.5. The molecule has 4 heterocycles. The van der Waals surface area contributed by atoms with E-state index < -0.39 is 5.95 Å². The highest BCUT2D eigenvalue weighted by atomic mass is 32.1. The van der Waals surface area contributed by atoms with Gasteiger partial charge in [-0.2, -0.15) is 4.39 Å². The quantitative estimate of drug-likeness (QED) is 0.645. The minimum Gasteiger partial charge on any atom is -0.354 e. The summed E-state index contributed by atoms with van der Waals surface area (Å²) in [6.07, 6.45) is 6.76. The van der Waals surface area contributed by atoms with Crippen molar-refractivity contribution in [3.8, 4) is 21.8 Å². The Morgan fingerprint density at radius 3 is 2.59 bits per heavy atom. The monoisotopic (exact) mass is 410 g/mol. The summed E-state index contributed by atoms with van der Waals surface area (Å²) in [5, 5.41) is 13.3. The molecule has 0 spiro atoms. The smallest absolute Gasteiger partial charge is 0.222 e. The van der Waals surface area contributed by atoms with Crippen molar-refractivity contribution >= 4 is 17.2 Å². The summed E-state index contributed by atoms with van der Waals surface area (Å²) < 4.78 is 14.5. The average molecular weight is 411 g/mol. The summed E-state index contributed by atoms with van der Waals surface area (Å²) in [7, 11) is 0. The topological polar surface area (TPSA) is 66.8 Å². The van der Waals surface area contributed by atoms with E-state index in [9.17, 15) is 4.39 Å². The fourth-order valence-electron chi connectivity index (χ4n) is 3.89. The summed E-state index contributed by atoms with van der Waals surface area (Å²) >= 11 is 1.45. The summed E-state index contributed by atoms with van der Waals surface area (Å²) in [4.78, 5) is 11.3. The Kier molecular flexibility index (Phi) is 4.97. The van der Waals surface area contributed by atoms with Gasteiger partial charge in [-0.3, -0.25) is 0 Å². The van der Waals surface area contributed by atoms with Crippen LogP contribution in [0, 0.1) is 12.9 Å². The molecule has 3 aromatic rings. The molecule has 3 aromatic heterocycles. The Bertz CT molecular complexity index is 1000.